The first-order valence-corrected chi connectivity index (χ1v) is 10.6. The minimum absolute atomic E-state index is 0.00575. The second-order valence-electron chi connectivity index (χ2n) is 6.28. The normalized spacial score (nSPS) is 15.6. The minimum atomic E-state index is -3.55. The highest BCUT2D eigenvalue weighted by Crippen LogP contribution is 2.32. The number of carbonyl (C=O) groups excluding carboxylic acids is 1. The molecule has 0 spiro atoms. The van der Waals surface area contributed by atoms with Crippen molar-refractivity contribution in [2.24, 2.45) is 5.92 Å². The highest BCUT2D eigenvalue weighted by molar-refractivity contribution is 7.92. The molecule has 1 aliphatic carbocycles. The Morgan fingerprint density at radius 2 is 2.00 bits per heavy atom. The molecule has 0 saturated heterocycles. The van der Waals surface area contributed by atoms with Gasteiger partial charge in [-0.1, -0.05) is 30.9 Å². The number of methoxy groups -OCH3 is 1. The molecule has 1 aliphatic rings. The van der Waals surface area contributed by atoms with Crippen LogP contribution in [0.1, 0.15) is 32.1 Å². The van der Waals surface area contributed by atoms with Crippen molar-refractivity contribution in [3.05, 3.63) is 23.2 Å². The number of sulfonamides is 1. The molecule has 1 fully saturated rings. The van der Waals surface area contributed by atoms with Crippen molar-refractivity contribution in [1.82, 2.24) is 5.32 Å². The van der Waals surface area contributed by atoms with E-state index in [4.69, 9.17) is 16.3 Å². The summed E-state index contributed by atoms with van der Waals surface area (Å²) in [7, 11) is -2.08. The topological polar surface area (TPSA) is 75.7 Å². The van der Waals surface area contributed by atoms with Crippen molar-refractivity contribution in [3.8, 4) is 5.75 Å². The fourth-order valence-electron chi connectivity index (χ4n) is 3.11. The van der Waals surface area contributed by atoms with E-state index < -0.39 is 10.0 Å². The van der Waals surface area contributed by atoms with Gasteiger partial charge in [0.15, 0.2) is 0 Å². The molecule has 140 valence electrons. The maximum atomic E-state index is 12.2. The molecule has 0 heterocycles. The zero-order chi connectivity index (χ0) is 18.4. The van der Waals surface area contributed by atoms with Crippen LogP contribution < -0.4 is 14.4 Å². The van der Waals surface area contributed by atoms with E-state index in [1.165, 1.54) is 17.8 Å². The number of rotatable bonds is 7. The van der Waals surface area contributed by atoms with Gasteiger partial charge in [-0.2, -0.15) is 0 Å². The smallest absolute Gasteiger partial charge is 0.232 e. The first-order valence-electron chi connectivity index (χ1n) is 8.42. The fraction of sp³-hybridized carbons (Fsp3) is 0.588. The summed E-state index contributed by atoms with van der Waals surface area (Å²) in [5.74, 6) is 0.459. The highest BCUT2D eigenvalue weighted by atomic mass is 35.5. The van der Waals surface area contributed by atoms with Crippen molar-refractivity contribution >= 4 is 33.2 Å². The molecule has 1 saturated carbocycles. The molecular weight excluding hydrogens is 364 g/mol. The van der Waals surface area contributed by atoms with E-state index in [1.54, 1.807) is 18.2 Å². The van der Waals surface area contributed by atoms with Crippen LogP contribution in [-0.4, -0.2) is 40.8 Å². The van der Waals surface area contributed by atoms with Crippen molar-refractivity contribution < 1.29 is 17.9 Å². The summed E-state index contributed by atoms with van der Waals surface area (Å²) in [5.41, 5.74) is 0.365. The van der Waals surface area contributed by atoms with Gasteiger partial charge in [0.2, 0.25) is 15.9 Å². The monoisotopic (exact) mass is 388 g/mol. The van der Waals surface area contributed by atoms with Crippen LogP contribution >= 0.6 is 11.6 Å². The van der Waals surface area contributed by atoms with Crippen molar-refractivity contribution in [1.29, 1.82) is 0 Å². The Balaban J connectivity index is 2.07. The maximum Gasteiger partial charge on any atom is 0.232 e. The van der Waals surface area contributed by atoms with E-state index in [9.17, 15) is 13.2 Å². The molecule has 1 N–H and O–H groups in total. The van der Waals surface area contributed by atoms with Crippen LogP contribution in [-0.2, 0) is 14.8 Å². The van der Waals surface area contributed by atoms with Gasteiger partial charge in [-0.25, -0.2) is 8.42 Å². The first kappa shape index (κ1) is 19.8. The van der Waals surface area contributed by atoms with Gasteiger partial charge in [0, 0.05) is 17.5 Å². The standard InChI is InChI=1S/C17H25ClN2O4S/c1-24-16-9-8-14(18)12-15(16)20(25(2,22)23)11-10-19-17(21)13-6-4-3-5-7-13/h8-9,12-13H,3-7,10-11H2,1-2H3,(H,19,21). The number of halogens is 1. The molecule has 1 aromatic rings. The number of benzene rings is 1. The average Bonchev–Trinajstić information content (AvgIpc) is 2.58. The average molecular weight is 389 g/mol. The van der Waals surface area contributed by atoms with E-state index in [2.05, 4.69) is 5.32 Å². The van der Waals surface area contributed by atoms with Crippen LogP contribution in [0.2, 0.25) is 5.02 Å². The number of carbonyl (C=O) groups is 1. The predicted octanol–water partition coefficient (Wildman–Crippen LogP) is 2.81. The highest BCUT2D eigenvalue weighted by Gasteiger charge is 2.24. The first-order chi connectivity index (χ1) is 11.8. The Morgan fingerprint density at radius 3 is 2.60 bits per heavy atom. The SMILES string of the molecule is COc1ccc(Cl)cc1N(CCNC(=O)C1CCCCC1)S(C)(=O)=O. The molecule has 0 bridgehead atoms. The molecule has 0 aromatic heterocycles. The molecule has 6 nitrogen and oxygen atoms in total. The van der Waals surface area contributed by atoms with Gasteiger partial charge < -0.3 is 10.1 Å². The van der Waals surface area contributed by atoms with Crippen LogP contribution in [0.25, 0.3) is 0 Å². The molecule has 2 rings (SSSR count). The number of nitrogens with zero attached hydrogens (tertiary/aromatic N) is 1. The Morgan fingerprint density at radius 1 is 1.32 bits per heavy atom. The quantitative estimate of drug-likeness (QED) is 0.779. The number of anilines is 1. The predicted molar refractivity (Wildman–Crippen MR) is 99.8 cm³/mol. The van der Waals surface area contributed by atoms with Gasteiger partial charge in [0.05, 0.1) is 25.6 Å². The Kier molecular flexibility index (Phi) is 6.95. The van der Waals surface area contributed by atoms with E-state index in [1.807, 2.05) is 0 Å². The number of nitrogens with one attached hydrogen (secondary N) is 1. The molecule has 25 heavy (non-hydrogen) atoms. The molecule has 0 radical (unpaired) electrons. The third kappa shape index (κ3) is 5.51. The Labute approximate surface area is 154 Å². The maximum absolute atomic E-state index is 12.2. The lowest BCUT2D eigenvalue weighted by atomic mass is 9.89. The second kappa shape index (κ2) is 8.76. The molecule has 0 unspecified atom stereocenters. The lowest BCUT2D eigenvalue weighted by Crippen LogP contribution is -2.40. The van der Waals surface area contributed by atoms with E-state index >= 15 is 0 Å². The zero-order valence-corrected chi connectivity index (χ0v) is 16.2. The number of amides is 1. The molecule has 1 amide bonds. The van der Waals surface area contributed by atoms with E-state index in [0.717, 1.165) is 31.9 Å². The molecule has 1 aromatic carbocycles. The third-order valence-electron chi connectivity index (χ3n) is 4.40. The Hall–Kier alpha value is -1.47. The van der Waals surface area contributed by atoms with Gasteiger partial charge in [0.25, 0.3) is 0 Å². The van der Waals surface area contributed by atoms with Crippen LogP contribution in [0.4, 0.5) is 5.69 Å². The van der Waals surface area contributed by atoms with Crippen LogP contribution in [0.15, 0.2) is 18.2 Å². The van der Waals surface area contributed by atoms with Gasteiger partial charge in [-0.3, -0.25) is 9.10 Å². The lowest BCUT2D eigenvalue weighted by Gasteiger charge is -2.25. The zero-order valence-electron chi connectivity index (χ0n) is 14.6. The van der Waals surface area contributed by atoms with Crippen LogP contribution in [0, 0.1) is 5.92 Å². The molecule has 8 heteroatoms. The van der Waals surface area contributed by atoms with E-state index in [0.29, 0.717) is 16.5 Å². The fourth-order valence-corrected chi connectivity index (χ4v) is 4.20. The molecular formula is C17H25ClN2O4S. The summed E-state index contributed by atoms with van der Waals surface area (Å²) < 4.78 is 30.9. The van der Waals surface area contributed by atoms with Gasteiger partial charge in [-0.05, 0) is 31.0 Å². The number of ether oxygens (including phenoxy) is 1. The summed E-state index contributed by atoms with van der Waals surface area (Å²) in [6.45, 7) is 0.353. The largest absolute Gasteiger partial charge is 0.495 e. The van der Waals surface area contributed by atoms with Gasteiger partial charge in [0.1, 0.15) is 5.75 Å². The molecule has 0 atom stereocenters. The number of hydrogen-bond donors (Lipinski definition) is 1. The van der Waals surface area contributed by atoms with Crippen molar-refractivity contribution in [2.75, 3.05) is 30.8 Å². The summed E-state index contributed by atoms with van der Waals surface area (Å²) in [5, 5.41) is 3.27. The summed E-state index contributed by atoms with van der Waals surface area (Å²) in [6, 6.07) is 4.80. The van der Waals surface area contributed by atoms with Crippen LogP contribution in [0.3, 0.4) is 0 Å². The second-order valence-corrected chi connectivity index (χ2v) is 8.62. The van der Waals surface area contributed by atoms with Crippen molar-refractivity contribution in [2.45, 2.75) is 32.1 Å². The third-order valence-corrected chi connectivity index (χ3v) is 5.82. The van der Waals surface area contributed by atoms with Crippen molar-refractivity contribution in [3.63, 3.8) is 0 Å². The molecule has 0 aliphatic heterocycles. The summed E-state index contributed by atoms with van der Waals surface area (Å²) >= 11 is 6.01. The summed E-state index contributed by atoms with van der Waals surface area (Å²) in [6.07, 6.45) is 6.27. The van der Waals surface area contributed by atoms with Crippen LogP contribution in [0.5, 0.6) is 5.75 Å². The van der Waals surface area contributed by atoms with E-state index in [-0.39, 0.29) is 24.9 Å². The summed E-state index contributed by atoms with van der Waals surface area (Å²) in [4.78, 5) is 12.2. The van der Waals surface area contributed by atoms with Gasteiger partial charge in [-0.15, -0.1) is 0 Å². The Bertz CT molecular complexity index is 703. The van der Waals surface area contributed by atoms with Gasteiger partial charge >= 0.3 is 0 Å². The number of hydrogen-bond acceptors (Lipinski definition) is 4. The lowest BCUT2D eigenvalue weighted by molar-refractivity contribution is -0.125. The minimum Gasteiger partial charge on any atom is -0.495 e.